The molecule has 5 aromatic carbocycles. The van der Waals surface area contributed by atoms with Gasteiger partial charge in [-0.3, -0.25) is 4.79 Å². The fourth-order valence-corrected chi connectivity index (χ4v) is 8.34. The van der Waals surface area contributed by atoms with E-state index >= 15 is 0 Å². The summed E-state index contributed by atoms with van der Waals surface area (Å²) in [5, 5.41) is 36.5. The Kier molecular flexibility index (Phi) is 31.2. The van der Waals surface area contributed by atoms with Gasteiger partial charge in [0.15, 0.2) is 6.29 Å². The fourth-order valence-electron chi connectivity index (χ4n) is 7.86. The van der Waals surface area contributed by atoms with Crippen molar-refractivity contribution in [2.45, 2.75) is 55.2 Å². The van der Waals surface area contributed by atoms with Gasteiger partial charge in [0.25, 0.3) is 0 Å². The van der Waals surface area contributed by atoms with E-state index in [4.69, 9.17) is 44.3 Å². The van der Waals surface area contributed by atoms with Gasteiger partial charge in [0, 0.05) is 64.6 Å². The molecule has 5 aromatic heterocycles. The summed E-state index contributed by atoms with van der Waals surface area (Å²) in [6.45, 7) is 13.6. The van der Waals surface area contributed by atoms with Crippen LogP contribution in [0.3, 0.4) is 0 Å². The largest absolute Gasteiger partial charge is 0.0999 e. The van der Waals surface area contributed by atoms with Crippen LogP contribution < -0.4 is 0 Å². The molecule has 0 aliphatic rings. The predicted octanol–water partition coefficient (Wildman–Crippen LogP) is 11.7. The van der Waals surface area contributed by atoms with Gasteiger partial charge in [0.2, 0.25) is 0 Å². The van der Waals surface area contributed by atoms with Crippen LogP contribution in [0, 0.1) is 5.31 Å². The quantitative estimate of drug-likeness (QED) is 0.0224. The molecular formula is C60H64B3BrN6O14. The minimum Gasteiger partial charge on any atom is -0.0999 e. The normalized spacial score (nSPS) is 9.74. The molecule has 0 saturated heterocycles. The van der Waals surface area contributed by atoms with Gasteiger partial charge in [-0.1, -0.05) is 97.4 Å². The molecule has 0 saturated carbocycles. The Morgan fingerprint density at radius 3 is 1.12 bits per heavy atom. The van der Waals surface area contributed by atoms with E-state index in [1.54, 1.807) is 88.4 Å². The van der Waals surface area contributed by atoms with E-state index in [1.807, 2.05) is 60.7 Å². The minimum atomic E-state index is -0.995. The van der Waals surface area contributed by atoms with Crippen LogP contribution in [0.5, 0.6) is 0 Å². The monoisotopic (exact) mass is 1200 g/mol. The van der Waals surface area contributed by atoms with Gasteiger partial charge in [0.05, 0.1) is 47.5 Å². The third kappa shape index (κ3) is 18.9. The van der Waals surface area contributed by atoms with Crippen molar-refractivity contribution in [1.29, 1.82) is 5.31 Å². The summed E-state index contributed by atoms with van der Waals surface area (Å²) >= 11 is 3.43. The Morgan fingerprint density at radius 2 is 0.786 bits per heavy atom. The Hall–Kier alpha value is -9.25. The second kappa shape index (κ2) is 37.0. The Balaban J connectivity index is 0.000000349. The number of fused-ring (bicyclic) bond motifs is 5. The number of carbonyl (C=O) groups excluding carboxylic acids is 5. The van der Waals surface area contributed by atoms with Gasteiger partial charge in [-0.25, -0.2) is 24.0 Å². The number of carbonyl (C=O) groups is 6. The topological polar surface area (TPSA) is 320 Å². The van der Waals surface area contributed by atoms with Crippen LogP contribution in [0.4, 0.5) is 0 Å². The number of nitrogens with one attached hydrogen (secondary N) is 6. The summed E-state index contributed by atoms with van der Waals surface area (Å²) in [4.78, 5) is 82.1. The van der Waals surface area contributed by atoms with Gasteiger partial charge in [-0.15, -0.1) is 0 Å². The Labute approximate surface area is 496 Å². The number of H-pyrrole nitrogens is 5. The van der Waals surface area contributed by atoms with Crippen LogP contribution in [0.25, 0.3) is 60.6 Å². The molecule has 4 radical (unpaired) electrons. The average molecular weight is 1210 g/mol. The number of benzene rings is 5. The molecular weight excluding hydrogens is 1140 g/mol. The van der Waals surface area contributed by atoms with Gasteiger partial charge in [-0.2, -0.15) is 0 Å². The Bertz CT molecular complexity index is 3670. The van der Waals surface area contributed by atoms with Crippen molar-refractivity contribution < 1.29 is 67.7 Å². The maximum Gasteiger partial charge on any atom is 0.0606 e. The molecule has 0 bridgehead atoms. The number of aliphatic hydroxyl groups is 2. The van der Waals surface area contributed by atoms with Crippen molar-refractivity contribution in [3.8, 4) is 0 Å². The molecule has 0 fully saturated rings. The second-order valence-electron chi connectivity index (χ2n) is 16.3. The van der Waals surface area contributed by atoms with E-state index in [0.29, 0.717) is 54.8 Å². The van der Waals surface area contributed by atoms with Crippen molar-refractivity contribution in [1.82, 2.24) is 24.9 Å². The molecule has 10 aromatic rings. The first-order chi connectivity index (χ1) is 40.2. The number of carboxylic acid groups (broad SMARTS) is 1. The van der Waals surface area contributed by atoms with Crippen LogP contribution in [-0.4, -0.2) is 126 Å². The van der Waals surface area contributed by atoms with Gasteiger partial charge < -0.3 is 59.2 Å². The standard InChI is InChI=1S/C13H13NO2.C12H13NO3.C12H11NO3.C11H10BrNO2.C10H9NO3.CH3B.CH4.BHN.BO/c1-3-9-6-5-7-11-10(9)8-12(14-11)13(15)16-4-2;2*1-2-16-12(15)11-6-9-8(7-14)4-3-5-10(9)13-11;1-2-15-11(14)10-6-7-8(12)4-3-5-9(7)13-10;12-5-6-2-1-3-8-7(6)4-9(11-8)10(13)14;1-2;;2*1-2/h3,5-8,14H,1,4H2,2H3;3-6,13-14H,2,7H2,1H3;3-7,13H,2H2,1H3;3-6,13H,2H2,1H3;1-4,11-12H,5H2,(H,13,14);1H3;1H4;2H;. The van der Waals surface area contributed by atoms with Crippen molar-refractivity contribution in [2.75, 3.05) is 26.4 Å². The van der Waals surface area contributed by atoms with Gasteiger partial charge in [0.1, 0.15) is 28.5 Å². The van der Waals surface area contributed by atoms with E-state index in [9.17, 15) is 28.8 Å². The number of aromatic nitrogens is 5. The molecule has 5 heterocycles. The number of esters is 4. The molecule has 434 valence electrons. The number of aromatic carboxylic acids is 1. The molecule has 0 aliphatic heterocycles. The molecule has 0 spiro atoms. The fraction of sp³-hybridized carbons (Fsp3) is 0.200. The number of aliphatic hydroxyl groups excluding tert-OH is 2. The van der Waals surface area contributed by atoms with Crippen molar-refractivity contribution >= 4 is 136 Å². The molecule has 24 heteroatoms. The van der Waals surface area contributed by atoms with Crippen LogP contribution in [0.1, 0.15) is 115 Å². The summed E-state index contributed by atoms with van der Waals surface area (Å²) in [5.74, 6) is -2.42. The molecule has 84 heavy (non-hydrogen) atoms. The number of carboxylic acids is 1. The number of aldehydes is 1. The summed E-state index contributed by atoms with van der Waals surface area (Å²) in [6, 6.07) is 36.1. The second-order valence-corrected chi connectivity index (χ2v) is 17.2. The van der Waals surface area contributed by atoms with E-state index in [0.717, 1.165) is 82.0 Å². The number of hydrogen-bond acceptors (Lipinski definition) is 14. The minimum absolute atomic E-state index is 0. The van der Waals surface area contributed by atoms with Crippen LogP contribution >= 0.6 is 15.9 Å². The van der Waals surface area contributed by atoms with Crippen LogP contribution in [0.2, 0.25) is 6.82 Å². The average Bonchev–Trinajstić information content (AvgIpc) is 3.99. The maximum atomic E-state index is 11.5. The Morgan fingerprint density at radius 1 is 0.500 bits per heavy atom. The zero-order valence-corrected chi connectivity index (χ0v) is 47.7. The number of hydrogen-bond donors (Lipinski definition) is 9. The van der Waals surface area contributed by atoms with E-state index in [-0.39, 0.29) is 44.2 Å². The summed E-state index contributed by atoms with van der Waals surface area (Å²) in [7, 11) is 11.5. The summed E-state index contributed by atoms with van der Waals surface area (Å²) < 4.78 is 28.3. The summed E-state index contributed by atoms with van der Waals surface area (Å²) in [6.07, 6.45) is 2.54. The molecule has 0 unspecified atom stereocenters. The van der Waals surface area contributed by atoms with Crippen molar-refractivity contribution in [3.05, 3.63) is 183 Å². The predicted molar refractivity (Wildman–Crippen MR) is 331 cm³/mol. The van der Waals surface area contributed by atoms with Crippen molar-refractivity contribution in [2.24, 2.45) is 0 Å². The zero-order chi connectivity index (χ0) is 61.6. The number of ether oxygens (including phenoxy) is 4. The maximum absolute atomic E-state index is 11.5. The summed E-state index contributed by atoms with van der Waals surface area (Å²) in [5.41, 5.74) is 9.13. The molecule has 20 nitrogen and oxygen atoms in total. The first-order valence-electron chi connectivity index (χ1n) is 25.3. The molecule has 10 rings (SSSR count). The van der Waals surface area contributed by atoms with Crippen molar-refractivity contribution in [3.63, 3.8) is 0 Å². The third-order valence-corrected chi connectivity index (χ3v) is 12.1. The van der Waals surface area contributed by atoms with E-state index in [2.05, 4.69) is 70.6 Å². The van der Waals surface area contributed by atoms with Crippen LogP contribution in [0.15, 0.2) is 132 Å². The van der Waals surface area contributed by atoms with E-state index in [1.165, 1.54) is 12.9 Å². The third-order valence-electron chi connectivity index (χ3n) is 11.4. The zero-order valence-electron chi connectivity index (χ0n) is 46.1. The SMILES string of the molecule is C.C=Cc1cccc2[nH]c(C(=O)OCC)cc12.CCOC(=O)c1cc2c(Br)cccc2[nH]1.CCOC(=O)c1cc2c(C=O)cccc2[nH]1.CCOC(=O)c1cc2c(CO)cccc2[nH]1.O=C(O)c1cc2c(CO)cccc2[nH]1.[B]=N.[B]=O.[B]C. The van der Waals surface area contributed by atoms with Crippen LogP contribution in [-0.2, 0) is 36.9 Å². The first kappa shape index (κ1) is 70.9. The first-order valence-corrected chi connectivity index (χ1v) is 26.0. The molecule has 9 N–H and O–H groups in total. The number of halogens is 1. The molecule has 0 atom stereocenters. The molecule has 0 aliphatic carbocycles. The number of rotatable bonds is 13. The van der Waals surface area contributed by atoms with Gasteiger partial charge in [-0.05, 0) is 111 Å². The number of aromatic amines is 5. The van der Waals surface area contributed by atoms with Gasteiger partial charge >= 0.3 is 55.2 Å². The smallest absolute Gasteiger partial charge is 0.0606 e. The molecule has 0 amide bonds. The van der Waals surface area contributed by atoms with E-state index < -0.39 is 11.9 Å².